The molecule has 0 unspecified atom stereocenters. The van der Waals surface area contributed by atoms with E-state index in [9.17, 15) is 0 Å². The van der Waals surface area contributed by atoms with Gasteiger partial charge in [0.05, 0.1) is 12.4 Å². The van der Waals surface area contributed by atoms with Crippen LogP contribution in [-0.4, -0.2) is 20.0 Å². The van der Waals surface area contributed by atoms with Crippen LogP contribution in [0.15, 0.2) is 49.1 Å². The van der Waals surface area contributed by atoms with Crippen molar-refractivity contribution in [1.29, 1.82) is 0 Å². The molecule has 1 aromatic carbocycles. The van der Waals surface area contributed by atoms with Crippen LogP contribution in [0.25, 0.3) is 22.3 Å². The molecular formula is C13H12N4. The van der Waals surface area contributed by atoms with Gasteiger partial charge in [-0.3, -0.25) is 9.78 Å². The Kier molecular flexibility index (Phi) is 2.26. The smallest absolute Gasteiger partial charge is 0.0568 e. The van der Waals surface area contributed by atoms with Crippen LogP contribution in [0, 0.1) is 0 Å². The third-order valence-corrected chi connectivity index (χ3v) is 2.75. The molecule has 0 fully saturated rings. The van der Waals surface area contributed by atoms with E-state index < -0.39 is 0 Å². The molecule has 2 heterocycles. The molecule has 0 aliphatic rings. The predicted molar refractivity (Wildman–Crippen MR) is 66.2 cm³/mol. The molecular weight excluding hydrogens is 212 g/mol. The first-order valence-electron chi connectivity index (χ1n) is 5.41. The lowest BCUT2D eigenvalue weighted by atomic mass is 10.0. The first kappa shape index (κ1) is 9.84. The van der Waals surface area contributed by atoms with Gasteiger partial charge in [0.25, 0.3) is 0 Å². The minimum Gasteiger partial charge on any atom is -0.285 e. The molecule has 2 aromatic heterocycles. The van der Waals surface area contributed by atoms with Gasteiger partial charge in [0.2, 0.25) is 0 Å². The summed E-state index contributed by atoms with van der Waals surface area (Å²) in [5.41, 5.74) is 4.56. The van der Waals surface area contributed by atoms with Crippen LogP contribution in [0.4, 0.5) is 0 Å². The normalized spacial score (nSPS) is 10.6. The Hall–Kier alpha value is -2.36. The molecule has 0 aliphatic carbocycles. The Labute approximate surface area is 98.9 Å². The third kappa shape index (κ3) is 1.85. The van der Waals surface area contributed by atoms with Gasteiger partial charge in [0.15, 0.2) is 0 Å². The van der Waals surface area contributed by atoms with Crippen LogP contribution in [-0.2, 0) is 7.05 Å². The molecule has 3 aromatic rings. The molecule has 4 nitrogen and oxygen atoms in total. The van der Waals surface area contributed by atoms with Gasteiger partial charge < -0.3 is 0 Å². The molecule has 3 rings (SSSR count). The number of aromatic amines is 1. The van der Waals surface area contributed by atoms with Gasteiger partial charge in [-0.25, -0.2) is 0 Å². The molecule has 84 valence electrons. The summed E-state index contributed by atoms with van der Waals surface area (Å²) >= 11 is 0. The zero-order valence-corrected chi connectivity index (χ0v) is 9.46. The fraction of sp³-hybridized carbons (Fsp3) is 0.0769. The van der Waals surface area contributed by atoms with Crippen molar-refractivity contribution >= 4 is 0 Å². The van der Waals surface area contributed by atoms with Crippen molar-refractivity contribution in [2.24, 2.45) is 7.05 Å². The van der Waals surface area contributed by atoms with Crippen LogP contribution < -0.4 is 0 Å². The number of hydrogen-bond acceptors (Lipinski definition) is 2. The summed E-state index contributed by atoms with van der Waals surface area (Å²) < 4.78 is 1.80. The lowest BCUT2D eigenvalue weighted by Crippen LogP contribution is -1.84. The number of nitrogens with one attached hydrogen (secondary N) is 1. The monoisotopic (exact) mass is 224 g/mol. The highest BCUT2D eigenvalue weighted by atomic mass is 15.2. The van der Waals surface area contributed by atoms with Gasteiger partial charge in [-0.1, -0.05) is 24.3 Å². The topological polar surface area (TPSA) is 46.5 Å². The number of nitrogens with zero attached hydrogens (tertiary/aromatic N) is 3. The minimum absolute atomic E-state index is 1.10. The van der Waals surface area contributed by atoms with E-state index in [0.29, 0.717) is 0 Å². The molecule has 4 heteroatoms. The number of aromatic nitrogens is 4. The average Bonchev–Trinajstić information content (AvgIpc) is 3.00. The largest absolute Gasteiger partial charge is 0.285 e. The van der Waals surface area contributed by atoms with Gasteiger partial charge in [0, 0.05) is 30.6 Å². The van der Waals surface area contributed by atoms with Crippen molar-refractivity contribution in [3.63, 3.8) is 0 Å². The second-order valence-electron chi connectivity index (χ2n) is 3.97. The highest BCUT2D eigenvalue weighted by Crippen LogP contribution is 2.23. The molecule has 0 aliphatic heterocycles. The Morgan fingerprint density at radius 2 is 1.65 bits per heavy atom. The fourth-order valence-corrected chi connectivity index (χ4v) is 1.83. The number of H-pyrrole nitrogens is 1. The van der Waals surface area contributed by atoms with Crippen LogP contribution in [0.3, 0.4) is 0 Å². The van der Waals surface area contributed by atoms with E-state index >= 15 is 0 Å². The molecule has 0 atom stereocenters. The third-order valence-electron chi connectivity index (χ3n) is 2.75. The zero-order valence-electron chi connectivity index (χ0n) is 9.46. The van der Waals surface area contributed by atoms with Crippen molar-refractivity contribution in [1.82, 2.24) is 20.0 Å². The van der Waals surface area contributed by atoms with E-state index in [2.05, 4.69) is 39.6 Å². The van der Waals surface area contributed by atoms with E-state index in [4.69, 9.17) is 0 Å². The fourth-order valence-electron chi connectivity index (χ4n) is 1.83. The quantitative estimate of drug-likeness (QED) is 0.726. The van der Waals surface area contributed by atoms with Crippen molar-refractivity contribution in [3.8, 4) is 22.3 Å². The summed E-state index contributed by atoms with van der Waals surface area (Å²) in [6.07, 6.45) is 7.58. The summed E-state index contributed by atoms with van der Waals surface area (Å²) in [5, 5.41) is 10.9. The second-order valence-corrected chi connectivity index (χ2v) is 3.97. The molecule has 0 saturated heterocycles. The van der Waals surface area contributed by atoms with Crippen LogP contribution in [0.5, 0.6) is 0 Å². The molecule has 1 N–H and O–H groups in total. The van der Waals surface area contributed by atoms with E-state index in [1.165, 1.54) is 5.56 Å². The predicted octanol–water partition coefficient (Wildman–Crippen LogP) is 2.48. The van der Waals surface area contributed by atoms with Crippen LogP contribution >= 0.6 is 0 Å². The van der Waals surface area contributed by atoms with Crippen LogP contribution in [0.2, 0.25) is 0 Å². The minimum atomic E-state index is 1.10. The first-order valence-corrected chi connectivity index (χ1v) is 5.41. The number of rotatable bonds is 2. The molecule has 17 heavy (non-hydrogen) atoms. The number of aryl methyl sites for hydroxylation is 1. The van der Waals surface area contributed by atoms with Crippen molar-refractivity contribution in [3.05, 3.63) is 49.1 Å². The summed E-state index contributed by atoms with van der Waals surface area (Å²) in [6.45, 7) is 0. The van der Waals surface area contributed by atoms with Crippen LogP contribution in [0.1, 0.15) is 0 Å². The highest BCUT2D eigenvalue weighted by molar-refractivity contribution is 5.68. The molecule has 0 spiro atoms. The van der Waals surface area contributed by atoms with Crippen molar-refractivity contribution in [2.45, 2.75) is 0 Å². The molecule has 0 bridgehead atoms. The molecule has 0 saturated carbocycles. The second kappa shape index (κ2) is 3.90. The van der Waals surface area contributed by atoms with E-state index in [-0.39, 0.29) is 0 Å². The standard InChI is InChI=1S/C13H12N4/c1-17-9-13(8-16-17)11-4-2-10(3-5-11)12-6-14-15-7-12/h2-9H,1H3,(H,14,15). The Morgan fingerprint density at radius 1 is 0.941 bits per heavy atom. The highest BCUT2D eigenvalue weighted by Gasteiger charge is 2.02. The maximum absolute atomic E-state index is 4.17. The zero-order chi connectivity index (χ0) is 11.7. The first-order chi connectivity index (χ1) is 8.33. The van der Waals surface area contributed by atoms with Crippen molar-refractivity contribution < 1.29 is 0 Å². The summed E-state index contributed by atoms with van der Waals surface area (Å²) in [7, 11) is 1.92. The molecule has 0 amide bonds. The van der Waals surface area contributed by atoms with Gasteiger partial charge in [-0.05, 0) is 11.1 Å². The van der Waals surface area contributed by atoms with E-state index in [1.807, 2.05) is 31.8 Å². The summed E-state index contributed by atoms with van der Waals surface area (Å²) in [5.74, 6) is 0. The van der Waals surface area contributed by atoms with E-state index in [1.54, 1.807) is 4.68 Å². The summed E-state index contributed by atoms with van der Waals surface area (Å²) in [4.78, 5) is 0. The number of benzene rings is 1. The van der Waals surface area contributed by atoms with Gasteiger partial charge in [0.1, 0.15) is 0 Å². The Morgan fingerprint density at radius 3 is 2.18 bits per heavy atom. The van der Waals surface area contributed by atoms with Gasteiger partial charge in [-0.15, -0.1) is 0 Å². The SMILES string of the molecule is Cn1cc(-c2ccc(-c3cn[nH]c3)cc2)cn1. The average molecular weight is 224 g/mol. The van der Waals surface area contributed by atoms with Crippen molar-refractivity contribution in [2.75, 3.05) is 0 Å². The number of hydrogen-bond donors (Lipinski definition) is 1. The van der Waals surface area contributed by atoms with Gasteiger partial charge >= 0.3 is 0 Å². The lowest BCUT2D eigenvalue weighted by Gasteiger charge is -2.00. The maximum Gasteiger partial charge on any atom is 0.0568 e. The van der Waals surface area contributed by atoms with Gasteiger partial charge in [-0.2, -0.15) is 10.2 Å². The lowest BCUT2D eigenvalue weighted by molar-refractivity contribution is 0.768. The van der Waals surface area contributed by atoms with E-state index in [0.717, 1.165) is 16.7 Å². The maximum atomic E-state index is 4.17. The Balaban J connectivity index is 1.95. The summed E-state index contributed by atoms with van der Waals surface area (Å²) in [6, 6.07) is 8.37. The molecule has 0 radical (unpaired) electrons. The Bertz CT molecular complexity index is 605.